The van der Waals surface area contributed by atoms with Gasteiger partial charge < -0.3 is 0 Å². The van der Waals surface area contributed by atoms with Crippen LogP contribution in [0.1, 0.15) is 129 Å². The first-order valence-electron chi connectivity index (χ1n) is 22.6. The third-order valence-electron chi connectivity index (χ3n) is 14.8. The average Bonchev–Trinajstić information content (AvgIpc) is 3.82. The predicted octanol–water partition coefficient (Wildman–Crippen LogP) is 18.6. The van der Waals surface area contributed by atoms with Gasteiger partial charge in [0, 0.05) is 0 Å². The third kappa shape index (κ3) is 9.45. The minimum absolute atomic E-state index is 0.105. The summed E-state index contributed by atoms with van der Waals surface area (Å²) in [6.45, 7) is 4.13. The number of rotatable bonds is 9. The van der Waals surface area contributed by atoms with E-state index in [-0.39, 0.29) is 46.2 Å². The topological polar surface area (TPSA) is 0 Å². The van der Waals surface area contributed by atoms with Gasteiger partial charge in [0.15, 0.2) is 0 Å². The quantitative estimate of drug-likeness (QED) is 0.116. The zero-order valence-electron chi connectivity index (χ0n) is 36.2. The van der Waals surface area contributed by atoms with Gasteiger partial charge in [0.05, 0.1) is 0 Å². The first kappa shape index (κ1) is 49.6. The van der Waals surface area contributed by atoms with Gasteiger partial charge in [-0.2, -0.15) is 0 Å². The fourth-order valence-corrected chi connectivity index (χ4v) is 43.0. The van der Waals surface area contributed by atoms with E-state index in [2.05, 4.69) is 13.1 Å². The molecule has 4 aromatic carbocycles. The Morgan fingerprint density at radius 1 is 0.485 bits per heavy atom. The van der Waals surface area contributed by atoms with Crippen molar-refractivity contribution in [2.24, 2.45) is 11.8 Å². The molecule has 4 aliphatic rings. The van der Waals surface area contributed by atoms with Crippen LogP contribution in [-0.2, 0) is 40.3 Å². The van der Waals surface area contributed by atoms with E-state index in [1.54, 1.807) is 12.1 Å². The predicted molar refractivity (Wildman–Crippen MR) is 238 cm³/mol. The summed E-state index contributed by atoms with van der Waals surface area (Å²) >= 11 is -5.86. The van der Waals surface area contributed by atoms with Gasteiger partial charge in [-0.25, -0.2) is 0 Å². The number of halogens is 14. The molecule has 0 saturated heterocycles. The summed E-state index contributed by atoms with van der Waals surface area (Å²) in [6.07, 6.45) is -5.76. The van der Waals surface area contributed by atoms with Crippen molar-refractivity contribution in [2.75, 3.05) is 0 Å². The van der Waals surface area contributed by atoms with Crippen molar-refractivity contribution < 1.29 is 68.2 Å². The second kappa shape index (κ2) is 17.9. The molecule has 4 aromatic rings. The van der Waals surface area contributed by atoms with Gasteiger partial charge in [-0.15, -0.1) is 0 Å². The Balaban J connectivity index is 1.37. The van der Waals surface area contributed by atoms with Gasteiger partial charge in [-0.05, 0) is 0 Å². The molecule has 2 saturated carbocycles. The molecule has 355 valence electrons. The molecule has 0 spiro atoms. The Bertz CT molecular complexity index is 2320. The average molecular weight is 1070 g/mol. The molecule has 0 radical (unpaired) electrons. The number of benzene rings is 4. The maximum absolute atomic E-state index is 14.3. The van der Waals surface area contributed by atoms with E-state index in [9.17, 15) is 52.7 Å². The van der Waals surface area contributed by atoms with Crippen LogP contribution in [0, 0.1) is 11.8 Å². The molecule has 0 nitrogen and oxygen atoms in total. The van der Waals surface area contributed by atoms with Crippen molar-refractivity contribution in [1.29, 1.82) is 0 Å². The number of allylic oxidation sites excluding steroid dienone is 2. The summed E-state index contributed by atoms with van der Waals surface area (Å²) in [5.74, 6) is -1.95. The molecule has 2 fully saturated rings. The molecule has 0 amide bonds. The fraction of sp³-hybridized carbons (Fsp3) is 0.440. The van der Waals surface area contributed by atoms with E-state index < -0.39 is 75.7 Å². The molecule has 16 heteroatoms. The Hall–Kier alpha value is -2.80. The summed E-state index contributed by atoms with van der Waals surface area (Å²) in [5, 5.41) is 0. The number of alkyl halides is 12. The second-order valence-electron chi connectivity index (χ2n) is 19.3. The molecule has 2 atom stereocenters. The molecule has 0 aliphatic heterocycles. The van der Waals surface area contributed by atoms with E-state index >= 15 is 0 Å². The van der Waals surface area contributed by atoms with Crippen LogP contribution in [0.2, 0.25) is 13.1 Å². The molecule has 0 N–H and O–H groups in total. The zero-order valence-corrected chi connectivity index (χ0v) is 41.4. The van der Waals surface area contributed by atoms with Crippen molar-refractivity contribution in [3.8, 4) is 22.3 Å². The van der Waals surface area contributed by atoms with Crippen LogP contribution in [-0.4, -0.2) is 5.92 Å². The van der Waals surface area contributed by atoms with Gasteiger partial charge >= 0.3 is 388 Å². The number of hydrogen-bond donors (Lipinski definition) is 0. The van der Waals surface area contributed by atoms with Gasteiger partial charge in [0.2, 0.25) is 0 Å². The van der Waals surface area contributed by atoms with Crippen molar-refractivity contribution in [3.63, 3.8) is 0 Å². The summed E-state index contributed by atoms with van der Waals surface area (Å²) in [6, 6.07) is 13.0. The van der Waals surface area contributed by atoms with Gasteiger partial charge in [-0.3, -0.25) is 0 Å². The molecule has 8 rings (SSSR count). The first-order valence-corrected chi connectivity index (χ1v) is 38.9. The van der Waals surface area contributed by atoms with Crippen LogP contribution in [0.3, 0.4) is 0 Å². The van der Waals surface area contributed by atoms with Crippen molar-refractivity contribution >= 4 is 35.1 Å². The Labute approximate surface area is 385 Å². The van der Waals surface area contributed by atoms with Gasteiger partial charge in [0.25, 0.3) is 0 Å². The summed E-state index contributed by atoms with van der Waals surface area (Å²) in [5.41, 5.74) is -2.09. The van der Waals surface area contributed by atoms with Gasteiger partial charge in [0.1, 0.15) is 0 Å². The maximum atomic E-state index is 14.3. The monoisotopic (exact) mass is 1070 g/mol. The third-order valence-corrected chi connectivity index (χ3v) is 66.7. The molecular formula is C50H49Cl2F12SiZr. The van der Waals surface area contributed by atoms with Crippen molar-refractivity contribution in [2.45, 2.75) is 122 Å². The van der Waals surface area contributed by atoms with Crippen LogP contribution in [0.5, 0.6) is 0 Å². The molecule has 66 heavy (non-hydrogen) atoms. The van der Waals surface area contributed by atoms with E-state index in [1.807, 2.05) is 24.3 Å². The van der Waals surface area contributed by atoms with Crippen LogP contribution in [0.4, 0.5) is 52.7 Å². The van der Waals surface area contributed by atoms with E-state index in [0.29, 0.717) is 35.1 Å². The molecule has 4 aliphatic carbocycles. The Morgan fingerprint density at radius 3 is 1.09 bits per heavy atom. The second-order valence-corrected chi connectivity index (χ2v) is 61.8. The van der Waals surface area contributed by atoms with E-state index in [0.717, 1.165) is 99.6 Å². The Morgan fingerprint density at radius 2 is 0.803 bits per heavy atom. The minimum atomic E-state index is -5.86. The normalized spacial score (nSPS) is 20.8. The van der Waals surface area contributed by atoms with Crippen LogP contribution < -0.4 is 0 Å². The van der Waals surface area contributed by atoms with Crippen LogP contribution in [0.25, 0.3) is 34.4 Å². The summed E-state index contributed by atoms with van der Waals surface area (Å²) in [4.78, 5) is 0. The molecular weight excluding hydrogens is 1020 g/mol. The van der Waals surface area contributed by atoms with Crippen molar-refractivity contribution in [3.05, 3.63) is 128 Å². The molecule has 0 bridgehead atoms. The first-order chi connectivity index (χ1) is 30.7. The van der Waals surface area contributed by atoms with Crippen LogP contribution in [0.15, 0.2) is 83.9 Å². The van der Waals surface area contributed by atoms with E-state index in [1.165, 1.54) is 12.1 Å². The summed E-state index contributed by atoms with van der Waals surface area (Å²) < 4.78 is 170. The van der Waals surface area contributed by atoms with Gasteiger partial charge in [-0.1, -0.05) is 0 Å². The summed E-state index contributed by atoms with van der Waals surface area (Å²) in [7, 11) is 17.4. The number of fused-ring (bicyclic) bond motifs is 2. The van der Waals surface area contributed by atoms with E-state index in [4.69, 9.17) is 17.0 Å². The van der Waals surface area contributed by atoms with Crippen LogP contribution >= 0.6 is 17.0 Å². The molecule has 0 heterocycles. The molecule has 0 aromatic heterocycles. The standard InChI is InChI=1S/2C24H21F6.C2H7Si.2ClH.Zr/c2*25-23(26,27)19-12-18(13-20(14-19)24(28,29)30)21-8-4-7-17-10-16(11-22(17)21)9-15-5-2-1-3-6-15;1-3-2;;;/h2*4,7-8,10-15H,1-3,5-6,9H2;3H,1-2H3;2*1H;/q;;;;;+2/p-2. The fourth-order valence-electron chi connectivity index (χ4n) is 11.6. The SMILES string of the molecule is C[SiH](C)[Zr]([Cl])([Cl])([CH]1C(CC2CCCCC2)=Cc2c(-c3cc(C(F)(F)F)cc(C(F)(F)F)c3)cccc21)[CH]1C(CC2CCCCC2)=Cc2c(-c3cc(C(F)(F)F)cc(C(F)(F)F)c3)cccc21. The molecule has 2 unspecified atom stereocenters. The van der Waals surface area contributed by atoms with Crippen molar-refractivity contribution in [1.82, 2.24) is 0 Å². The zero-order chi connectivity index (χ0) is 47.8. The number of hydrogen-bond acceptors (Lipinski definition) is 0. The Kier molecular flexibility index (Phi) is 13.4.